The Morgan fingerprint density at radius 3 is 2.65 bits per heavy atom. The highest BCUT2D eigenvalue weighted by Crippen LogP contribution is 2.20. The number of rotatable bonds is 7. The number of nitrogens with two attached hydrogens (primary N) is 1. The van der Waals surface area contributed by atoms with Gasteiger partial charge < -0.3 is 21.3 Å². The van der Waals surface area contributed by atoms with E-state index in [1.165, 1.54) is 0 Å². The first kappa shape index (κ1) is 20.2. The lowest BCUT2D eigenvalue weighted by atomic mass is 9.93. The van der Waals surface area contributed by atoms with Crippen LogP contribution in [0.1, 0.15) is 38.7 Å². The van der Waals surface area contributed by atoms with E-state index >= 15 is 0 Å². The van der Waals surface area contributed by atoms with Crippen LogP contribution in [0.25, 0.3) is 0 Å². The minimum atomic E-state index is -0.512. The summed E-state index contributed by atoms with van der Waals surface area (Å²) in [7, 11) is 0. The molecule has 4 N–H and O–H groups in total. The molecule has 0 bridgehead atoms. The van der Waals surface area contributed by atoms with Crippen molar-refractivity contribution in [2.24, 2.45) is 17.6 Å². The molecule has 0 aliphatic carbocycles. The number of hydrogen-bond donors (Lipinski definition) is 3. The molecule has 144 valence electrons. The van der Waals surface area contributed by atoms with Crippen molar-refractivity contribution in [2.75, 3.05) is 19.6 Å². The fourth-order valence-corrected chi connectivity index (χ4v) is 3.42. The highest BCUT2D eigenvalue weighted by atomic mass is 16.2. The van der Waals surface area contributed by atoms with Crippen LogP contribution in [0.3, 0.4) is 0 Å². The highest BCUT2D eigenvalue weighted by molar-refractivity contribution is 5.87. The summed E-state index contributed by atoms with van der Waals surface area (Å²) in [5, 5.41) is 5.70. The van der Waals surface area contributed by atoms with Crippen LogP contribution >= 0.6 is 0 Å². The van der Waals surface area contributed by atoms with Crippen LogP contribution in [0.5, 0.6) is 0 Å². The predicted octanol–water partition coefficient (Wildman–Crippen LogP) is 2.10. The maximum absolute atomic E-state index is 13.0. The molecule has 0 radical (unpaired) electrons. The molecule has 1 aliphatic heterocycles. The molecule has 2 atom stereocenters. The Bertz CT molecular complexity index is 574. The molecule has 1 aromatic carbocycles. The second-order valence-corrected chi connectivity index (χ2v) is 7.40. The molecule has 6 nitrogen and oxygen atoms in total. The normalized spacial score (nSPS) is 18.5. The van der Waals surface area contributed by atoms with E-state index in [1.54, 1.807) is 0 Å². The van der Waals surface area contributed by atoms with Gasteiger partial charge in [-0.15, -0.1) is 0 Å². The Labute approximate surface area is 156 Å². The molecule has 6 heteroatoms. The summed E-state index contributed by atoms with van der Waals surface area (Å²) in [6.07, 6.45) is 3.07. The summed E-state index contributed by atoms with van der Waals surface area (Å²) < 4.78 is 0. The molecule has 1 heterocycles. The molecule has 1 saturated heterocycles. The summed E-state index contributed by atoms with van der Waals surface area (Å²) in [5.74, 6) is 0.508. The van der Waals surface area contributed by atoms with Crippen molar-refractivity contribution >= 4 is 11.9 Å². The van der Waals surface area contributed by atoms with E-state index < -0.39 is 6.04 Å². The van der Waals surface area contributed by atoms with Crippen molar-refractivity contribution in [1.82, 2.24) is 15.5 Å². The Balaban J connectivity index is 1.90. The van der Waals surface area contributed by atoms with Crippen LogP contribution in [0.15, 0.2) is 30.3 Å². The van der Waals surface area contributed by atoms with Crippen LogP contribution < -0.4 is 16.4 Å². The third-order valence-electron chi connectivity index (χ3n) is 4.92. The van der Waals surface area contributed by atoms with Crippen LogP contribution in [0, 0.1) is 11.8 Å². The first-order valence-electron chi connectivity index (χ1n) is 9.58. The second-order valence-electron chi connectivity index (χ2n) is 7.40. The zero-order valence-electron chi connectivity index (χ0n) is 15.9. The van der Waals surface area contributed by atoms with Gasteiger partial charge in [0.2, 0.25) is 5.91 Å². The van der Waals surface area contributed by atoms with Gasteiger partial charge >= 0.3 is 6.03 Å². The molecule has 0 saturated carbocycles. The molecule has 3 amide bonds. The molecule has 2 unspecified atom stereocenters. The van der Waals surface area contributed by atoms with E-state index in [-0.39, 0.29) is 17.9 Å². The molecule has 1 aliphatic rings. The smallest absolute Gasteiger partial charge is 0.315 e. The maximum atomic E-state index is 13.0. The van der Waals surface area contributed by atoms with Gasteiger partial charge in [-0.25, -0.2) is 4.79 Å². The van der Waals surface area contributed by atoms with Crippen LogP contribution in [-0.2, 0) is 11.3 Å². The first-order chi connectivity index (χ1) is 12.5. The number of nitrogens with one attached hydrogen (secondary N) is 2. The Hall–Kier alpha value is -2.08. The minimum absolute atomic E-state index is 0.0107. The van der Waals surface area contributed by atoms with Gasteiger partial charge in [-0.05, 0) is 43.2 Å². The fraction of sp³-hybridized carbons (Fsp3) is 0.600. The average molecular weight is 361 g/mol. The maximum Gasteiger partial charge on any atom is 0.315 e. The van der Waals surface area contributed by atoms with E-state index in [0.717, 1.165) is 37.9 Å². The van der Waals surface area contributed by atoms with Gasteiger partial charge in [-0.3, -0.25) is 4.79 Å². The molecule has 0 aromatic heterocycles. The van der Waals surface area contributed by atoms with Gasteiger partial charge in [-0.2, -0.15) is 0 Å². The Morgan fingerprint density at radius 1 is 1.27 bits per heavy atom. The number of nitrogens with zero attached hydrogens (tertiary/aromatic N) is 1. The van der Waals surface area contributed by atoms with Crippen LogP contribution in [-0.4, -0.2) is 42.5 Å². The van der Waals surface area contributed by atoms with Crippen molar-refractivity contribution in [3.8, 4) is 0 Å². The number of piperidine rings is 1. The van der Waals surface area contributed by atoms with Gasteiger partial charge in [0.25, 0.3) is 0 Å². The largest absolute Gasteiger partial charge is 0.341 e. The fourth-order valence-electron chi connectivity index (χ4n) is 3.42. The standard InChI is InChI=1S/C20H32N4O2/c1-15(2)18(19(25)24-12-6-9-17(14-24)10-11-21)23-20(26)22-13-16-7-4-3-5-8-16/h3-5,7-8,15,17-18H,6,9-14,21H2,1-2H3,(H2,22,23,26). The summed E-state index contributed by atoms with van der Waals surface area (Å²) in [6, 6.07) is 8.90. The number of amides is 3. The van der Waals surface area contributed by atoms with Crippen molar-refractivity contribution in [1.29, 1.82) is 0 Å². The highest BCUT2D eigenvalue weighted by Gasteiger charge is 2.31. The number of carbonyl (C=O) groups excluding carboxylic acids is 2. The third kappa shape index (κ3) is 6.02. The van der Waals surface area contributed by atoms with Crippen molar-refractivity contribution in [3.05, 3.63) is 35.9 Å². The number of carbonyl (C=O) groups is 2. The Kier molecular flexibility index (Phi) is 7.91. The van der Waals surface area contributed by atoms with Gasteiger partial charge in [0.15, 0.2) is 0 Å². The average Bonchev–Trinajstić information content (AvgIpc) is 2.65. The zero-order valence-corrected chi connectivity index (χ0v) is 15.9. The van der Waals surface area contributed by atoms with E-state index in [0.29, 0.717) is 19.0 Å². The van der Waals surface area contributed by atoms with E-state index in [4.69, 9.17) is 5.73 Å². The minimum Gasteiger partial charge on any atom is -0.341 e. The molecular formula is C20H32N4O2. The lowest BCUT2D eigenvalue weighted by molar-refractivity contribution is -0.136. The first-order valence-corrected chi connectivity index (χ1v) is 9.58. The zero-order chi connectivity index (χ0) is 18.9. The molecule has 1 aromatic rings. The van der Waals surface area contributed by atoms with E-state index in [1.807, 2.05) is 49.1 Å². The van der Waals surface area contributed by atoms with Gasteiger partial charge in [0.05, 0.1) is 0 Å². The second kappa shape index (κ2) is 10.2. The van der Waals surface area contributed by atoms with Crippen molar-refractivity contribution in [3.63, 3.8) is 0 Å². The van der Waals surface area contributed by atoms with Crippen molar-refractivity contribution < 1.29 is 9.59 Å². The lowest BCUT2D eigenvalue weighted by Crippen LogP contribution is -2.55. The topological polar surface area (TPSA) is 87.5 Å². The molecular weight excluding hydrogens is 328 g/mol. The molecule has 2 rings (SSSR count). The van der Waals surface area contributed by atoms with Gasteiger partial charge in [0.1, 0.15) is 6.04 Å². The molecule has 26 heavy (non-hydrogen) atoms. The lowest BCUT2D eigenvalue weighted by Gasteiger charge is -2.36. The monoisotopic (exact) mass is 360 g/mol. The molecule has 1 fully saturated rings. The summed E-state index contributed by atoms with van der Waals surface area (Å²) in [4.78, 5) is 27.1. The Morgan fingerprint density at radius 2 is 2.00 bits per heavy atom. The number of hydrogen-bond acceptors (Lipinski definition) is 3. The van der Waals surface area contributed by atoms with Crippen molar-refractivity contribution in [2.45, 2.75) is 45.7 Å². The predicted molar refractivity (Wildman–Crippen MR) is 103 cm³/mol. The molecule has 0 spiro atoms. The van der Waals surface area contributed by atoms with Gasteiger partial charge in [-0.1, -0.05) is 44.2 Å². The number of urea groups is 1. The van der Waals surface area contributed by atoms with E-state index in [2.05, 4.69) is 10.6 Å². The summed E-state index contributed by atoms with van der Waals surface area (Å²) in [5.41, 5.74) is 6.69. The van der Waals surface area contributed by atoms with Gasteiger partial charge in [0, 0.05) is 19.6 Å². The quantitative estimate of drug-likeness (QED) is 0.696. The number of benzene rings is 1. The van der Waals surface area contributed by atoms with E-state index in [9.17, 15) is 9.59 Å². The van der Waals surface area contributed by atoms with Crippen LogP contribution in [0.2, 0.25) is 0 Å². The SMILES string of the molecule is CC(C)C(NC(=O)NCc1ccccc1)C(=O)N1CCCC(CCN)C1. The number of likely N-dealkylation sites (tertiary alicyclic amines) is 1. The summed E-state index contributed by atoms with van der Waals surface area (Å²) >= 11 is 0. The summed E-state index contributed by atoms with van der Waals surface area (Å²) in [6.45, 7) is 6.51. The third-order valence-corrected chi connectivity index (χ3v) is 4.92. The van der Waals surface area contributed by atoms with Crippen LogP contribution in [0.4, 0.5) is 4.79 Å².